The summed E-state index contributed by atoms with van der Waals surface area (Å²) >= 11 is 0. The molecule has 0 spiro atoms. The predicted octanol–water partition coefficient (Wildman–Crippen LogP) is 16.7. The zero-order chi connectivity index (χ0) is 41.0. The molecule has 2 nitrogen and oxygen atoms in total. The van der Waals surface area contributed by atoms with Crippen molar-refractivity contribution in [3.8, 4) is 39.1 Å². The maximum absolute atomic E-state index is 2.41. The van der Waals surface area contributed by atoms with Gasteiger partial charge in [-0.3, -0.25) is 0 Å². The maximum Gasteiger partial charge on any atom is 0.0541 e. The molecule has 0 saturated heterocycles. The number of hydrogen-bond donors (Lipinski definition) is 0. The third-order valence-electron chi connectivity index (χ3n) is 12.6. The first kappa shape index (κ1) is 35.7. The van der Waals surface area contributed by atoms with Crippen LogP contribution >= 0.6 is 0 Å². The van der Waals surface area contributed by atoms with E-state index in [-0.39, 0.29) is 0 Å². The van der Waals surface area contributed by atoms with Gasteiger partial charge >= 0.3 is 0 Å². The Morgan fingerprint density at radius 1 is 0.258 bits per heavy atom. The molecule has 290 valence electrons. The monoisotopic (exact) mass is 788 g/mol. The number of para-hydroxylation sites is 3. The highest BCUT2D eigenvalue weighted by Gasteiger charge is 2.17. The van der Waals surface area contributed by atoms with Gasteiger partial charge in [-0.05, 0) is 115 Å². The maximum atomic E-state index is 2.41. The number of nitrogens with zero attached hydrogens (tertiary/aromatic N) is 2. The minimum absolute atomic E-state index is 1.10. The van der Waals surface area contributed by atoms with Crippen LogP contribution in [0.3, 0.4) is 0 Å². The van der Waals surface area contributed by atoms with E-state index in [0.29, 0.717) is 0 Å². The Balaban J connectivity index is 0.908. The highest BCUT2D eigenvalue weighted by atomic mass is 15.1. The summed E-state index contributed by atoms with van der Waals surface area (Å²) in [4.78, 5) is 2.37. The molecule has 12 rings (SSSR count). The molecule has 1 aromatic heterocycles. The molecular formula is C60H40N2. The molecular weight excluding hydrogens is 749 g/mol. The number of aromatic nitrogens is 1. The fraction of sp³-hybridized carbons (Fsp3) is 0. The van der Waals surface area contributed by atoms with E-state index >= 15 is 0 Å². The lowest BCUT2D eigenvalue weighted by atomic mass is 9.97. The molecule has 11 aromatic carbocycles. The number of rotatable bonds is 7. The van der Waals surface area contributed by atoms with Crippen molar-refractivity contribution in [1.29, 1.82) is 0 Å². The minimum atomic E-state index is 1.10. The number of fused-ring (bicyclic) bond motifs is 7. The van der Waals surface area contributed by atoms with E-state index < -0.39 is 0 Å². The van der Waals surface area contributed by atoms with Gasteiger partial charge in [-0.25, -0.2) is 0 Å². The van der Waals surface area contributed by atoms with Gasteiger partial charge in [0.05, 0.1) is 16.7 Å². The Kier molecular flexibility index (Phi) is 8.53. The van der Waals surface area contributed by atoms with Crippen LogP contribution in [0.2, 0.25) is 0 Å². The SMILES string of the molecule is c1ccc(-n2c3ccccc3c3ccccc32)c(-c2ccc(-c3ccc(N(c4ccc(-c5cccc6ccccc56)cc4)c4ccc5c(ccc6ccccc65)c4)cc3)cc2)c1. The van der Waals surface area contributed by atoms with Crippen LogP contribution in [0.1, 0.15) is 0 Å². The van der Waals surface area contributed by atoms with Crippen LogP contribution in [0.25, 0.3) is 93.2 Å². The molecule has 0 aliphatic rings. The van der Waals surface area contributed by atoms with Crippen molar-refractivity contribution >= 4 is 71.2 Å². The van der Waals surface area contributed by atoms with Gasteiger partial charge in [-0.2, -0.15) is 0 Å². The Hall–Kier alpha value is -8.20. The summed E-state index contributed by atoms with van der Waals surface area (Å²) in [6.07, 6.45) is 0. The molecule has 0 N–H and O–H groups in total. The Labute approximate surface area is 360 Å². The van der Waals surface area contributed by atoms with E-state index in [9.17, 15) is 0 Å². The molecule has 0 atom stereocenters. The molecule has 1 heterocycles. The van der Waals surface area contributed by atoms with Gasteiger partial charge in [0.25, 0.3) is 0 Å². The topological polar surface area (TPSA) is 8.17 Å². The molecule has 62 heavy (non-hydrogen) atoms. The second-order valence-corrected chi connectivity index (χ2v) is 16.1. The van der Waals surface area contributed by atoms with Gasteiger partial charge in [-0.15, -0.1) is 0 Å². The van der Waals surface area contributed by atoms with Gasteiger partial charge in [-0.1, -0.05) is 188 Å². The van der Waals surface area contributed by atoms with Crippen LogP contribution in [-0.2, 0) is 0 Å². The summed E-state index contributed by atoms with van der Waals surface area (Å²) in [6.45, 7) is 0. The average Bonchev–Trinajstić information content (AvgIpc) is 3.68. The normalized spacial score (nSPS) is 11.5. The quantitative estimate of drug-likeness (QED) is 0.146. The Bertz CT molecular complexity index is 3560. The van der Waals surface area contributed by atoms with Crippen LogP contribution in [0.5, 0.6) is 0 Å². The zero-order valence-corrected chi connectivity index (χ0v) is 34.0. The van der Waals surface area contributed by atoms with Crippen molar-refractivity contribution in [1.82, 2.24) is 4.57 Å². The molecule has 0 saturated carbocycles. The molecule has 0 aliphatic heterocycles. The van der Waals surface area contributed by atoms with Crippen molar-refractivity contribution in [2.24, 2.45) is 0 Å². The van der Waals surface area contributed by atoms with E-state index in [4.69, 9.17) is 0 Å². The molecule has 0 unspecified atom stereocenters. The van der Waals surface area contributed by atoms with Crippen LogP contribution < -0.4 is 4.90 Å². The van der Waals surface area contributed by atoms with Crippen molar-refractivity contribution in [3.05, 3.63) is 243 Å². The first-order valence-corrected chi connectivity index (χ1v) is 21.3. The summed E-state index contributed by atoms with van der Waals surface area (Å²) in [5.74, 6) is 0. The number of benzene rings is 11. The third-order valence-corrected chi connectivity index (χ3v) is 12.6. The van der Waals surface area contributed by atoms with E-state index in [2.05, 4.69) is 252 Å². The minimum Gasteiger partial charge on any atom is -0.310 e. The van der Waals surface area contributed by atoms with E-state index in [1.54, 1.807) is 0 Å². The highest BCUT2D eigenvalue weighted by molar-refractivity contribution is 6.10. The molecule has 0 amide bonds. The second kappa shape index (κ2) is 14.8. The van der Waals surface area contributed by atoms with Gasteiger partial charge in [0.2, 0.25) is 0 Å². The lowest BCUT2D eigenvalue weighted by Crippen LogP contribution is -2.09. The predicted molar refractivity (Wildman–Crippen MR) is 264 cm³/mol. The summed E-state index contributed by atoms with van der Waals surface area (Å²) in [7, 11) is 0. The van der Waals surface area contributed by atoms with Crippen molar-refractivity contribution in [2.45, 2.75) is 0 Å². The molecule has 0 fully saturated rings. The lowest BCUT2D eigenvalue weighted by Gasteiger charge is -2.26. The molecule has 0 bridgehead atoms. The first-order valence-electron chi connectivity index (χ1n) is 21.3. The molecule has 0 radical (unpaired) electrons. The first-order chi connectivity index (χ1) is 30.7. The van der Waals surface area contributed by atoms with E-state index in [1.165, 1.54) is 93.2 Å². The smallest absolute Gasteiger partial charge is 0.0541 e. The summed E-state index contributed by atoms with van der Waals surface area (Å²) in [5, 5.41) is 10.0. The number of hydrogen-bond acceptors (Lipinski definition) is 1. The van der Waals surface area contributed by atoms with Crippen LogP contribution in [-0.4, -0.2) is 4.57 Å². The zero-order valence-electron chi connectivity index (χ0n) is 34.0. The van der Waals surface area contributed by atoms with Crippen molar-refractivity contribution in [3.63, 3.8) is 0 Å². The van der Waals surface area contributed by atoms with E-state index in [1.807, 2.05) is 0 Å². The number of anilines is 3. The van der Waals surface area contributed by atoms with Gasteiger partial charge in [0.15, 0.2) is 0 Å². The second-order valence-electron chi connectivity index (χ2n) is 16.1. The Morgan fingerprint density at radius 3 is 1.39 bits per heavy atom. The fourth-order valence-electron chi connectivity index (χ4n) is 9.59. The summed E-state index contributed by atoms with van der Waals surface area (Å²) in [5.41, 5.74) is 14.1. The molecule has 0 aliphatic carbocycles. The van der Waals surface area contributed by atoms with Crippen LogP contribution in [0.4, 0.5) is 17.1 Å². The standard InChI is InChI=1S/C60H40N2/c1-3-15-51-43(12-1)14-11-20-53(51)45-32-36-49(37-33-45)61(50-38-39-54-47(40-50)29-28-44-13-2-4-16-52(44)54)48-34-30-42(31-35-48)41-24-26-46(27-25-41)55-17-5-8-21-58(55)62-59-22-9-6-18-56(59)57-19-7-10-23-60(57)62/h1-40H. The van der Waals surface area contributed by atoms with Gasteiger partial charge < -0.3 is 9.47 Å². The highest BCUT2D eigenvalue weighted by Crippen LogP contribution is 2.41. The average molecular weight is 789 g/mol. The fourth-order valence-corrected chi connectivity index (χ4v) is 9.59. The molecule has 12 aromatic rings. The van der Waals surface area contributed by atoms with E-state index in [0.717, 1.165) is 17.1 Å². The summed E-state index contributed by atoms with van der Waals surface area (Å²) < 4.78 is 2.41. The van der Waals surface area contributed by atoms with Crippen LogP contribution in [0.15, 0.2) is 243 Å². The van der Waals surface area contributed by atoms with Crippen molar-refractivity contribution < 1.29 is 0 Å². The van der Waals surface area contributed by atoms with Gasteiger partial charge in [0, 0.05) is 33.4 Å². The van der Waals surface area contributed by atoms with Crippen molar-refractivity contribution in [2.75, 3.05) is 4.90 Å². The largest absolute Gasteiger partial charge is 0.310 e. The third kappa shape index (κ3) is 6.04. The summed E-state index contributed by atoms with van der Waals surface area (Å²) in [6, 6.07) is 88.4. The lowest BCUT2D eigenvalue weighted by molar-refractivity contribution is 1.18. The van der Waals surface area contributed by atoms with Gasteiger partial charge in [0.1, 0.15) is 0 Å². The Morgan fingerprint density at radius 2 is 0.694 bits per heavy atom. The van der Waals surface area contributed by atoms with Crippen LogP contribution in [0, 0.1) is 0 Å². The molecule has 2 heteroatoms.